The zero-order chi connectivity index (χ0) is 12.6. The van der Waals surface area contributed by atoms with Gasteiger partial charge in [0.15, 0.2) is 0 Å². The molecule has 0 radical (unpaired) electrons. The quantitative estimate of drug-likeness (QED) is 0.854. The first-order valence-corrected chi connectivity index (χ1v) is 6.40. The Hall–Kier alpha value is -0.990. The number of hydrogen-bond donors (Lipinski definition) is 2. The topological polar surface area (TPSA) is 41.8 Å². The van der Waals surface area contributed by atoms with Crippen molar-refractivity contribution in [1.82, 2.24) is 4.98 Å². The zero-order valence-corrected chi connectivity index (χ0v) is 11.3. The SMILES string of the molecule is Cc1[nH]c2ccc(Cl)cc2c1C(CN)C(C)C. The Morgan fingerprint density at radius 3 is 2.65 bits per heavy atom. The Kier molecular flexibility index (Phi) is 3.45. The van der Waals surface area contributed by atoms with Crippen LogP contribution in [0.2, 0.25) is 5.02 Å². The van der Waals surface area contributed by atoms with E-state index in [2.05, 4.69) is 25.8 Å². The highest BCUT2D eigenvalue weighted by Gasteiger charge is 2.20. The molecule has 3 N–H and O–H groups in total. The van der Waals surface area contributed by atoms with Crippen molar-refractivity contribution in [1.29, 1.82) is 0 Å². The molecule has 92 valence electrons. The summed E-state index contributed by atoms with van der Waals surface area (Å²) in [5.74, 6) is 0.902. The van der Waals surface area contributed by atoms with E-state index in [1.165, 1.54) is 16.6 Å². The number of halogens is 1. The minimum Gasteiger partial charge on any atom is -0.358 e. The normalized spacial score (nSPS) is 13.5. The van der Waals surface area contributed by atoms with E-state index in [0.29, 0.717) is 18.4 Å². The molecule has 1 atom stereocenters. The van der Waals surface area contributed by atoms with Crippen LogP contribution in [0.4, 0.5) is 0 Å². The third-order valence-electron chi connectivity index (χ3n) is 3.43. The third kappa shape index (κ3) is 2.20. The van der Waals surface area contributed by atoms with Crippen molar-refractivity contribution in [3.63, 3.8) is 0 Å². The highest BCUT2D eigenvalue weighted by molar-refractivity contribution is 6.31. The standard InChI is InChI=1S/C14H19ClN2/c1-8(2)12(7-16)14-9(3)17-13-5-4-10(15)6-11(13)14/h4-6,8,12,17H,7,16H2,1-3H3. The number of fused-ring (bicyclic) bond motifs is 1. The van der Waals surface area contributed by atoms with Crippen LogP contribution >= 0.6 is 11.6 Å². The van der Waals surface area contributed by atoms with Gasteiger partial charge in [-0.05, 0) is 43.1 Å². The molecule has 1 heterocycles. The van der Waals surface area contributed by atoms with Gasteiger partial charge in [0.1, 0.15) is 0 Å². The summed E-state index contributed by atoms with van der Waals surface area (Å²) in [6, 6.07) is 5.97. The number of aromatic nitrogens is 1. The van der Waals surface area contributed by atoms with Crippen molar-refractivity contribution < 1.29 is 0 Å². The first-order chi connectivity index (χ1) is 8.04. The Balaban J connectivity index is 2.66. The fourth-order valence-corrected chi connectivity index (χ4v) is 2.69. The molecule has 0 bridgehead atoms. The van der Waals surface area contributed by atoms with Crippen molar-refractivity contribution in [3.8, 4) is 0 Å². The highest BCUT2D eigenvalue weighted by Crippen LogP contribution is 2.34. The number of rotatable bonds is 3. The Bertz CT molecular complexity index is 528. The number of aryl methyl sites for hydroxylation is 1. The van der Waals surface area contributed by atoms with E-state index in [-0.39, 0.29) is 0 Å². The molecule has 1 unspecified atom stereocenters. The zero-order valence-electron chi connectivity index (χ0n) is 10.5. The molecule has 0 spiro atoms. The molecule has 1 aromatic heterocycles. The molecule has 1 aromatic carbocycles. The average molecular weight is 251 g/mol. The molecule has 0 amide bonds. The van der Waals surface area contributed by atoms with Crippen LogP contribution in [0.5, 0.6) is 0 Å². The summed E-state index contributed by atoms with van der Waals surface area (Å²) in [5, 5.41) is 1.98. The van der Waals surface area contributed by atoms with Crippen molar-refractivity contribution in [2.45, 2.75) is 26.7 Å². The second-order valence-electron chi connectivity index (χ2n) is 4.94. The summed E-state index contributed by atoms with van der Waals surface area (Å²) in [5.41, 5.74) is 9.58. The molecule has 3 heteroatoms. The molecular formula is C14H19ClN2. The van der Waals surface area contributed by atoms with Gasteiger partial charge in [-0.2, -0.15) is 0 Å². The van der Waals surface area contributed by atoms with Crippen LogP contribution < -0.4 is 5.73 Å². The number of H-pyrrole nitrogens is 1. The predicted molar refractivity (Wildman–Crippen MR) is 74.7 cm³/mol. The Labute approximate surface area is 107 Å². The molecule has 0 saturated heterocycles. The van der Waals surface area contributed by atoms with Gasteiger partial charge in [0.2, 0.25) is 0 Å². The summed E-state index contributed by atoms with van der Waals surface area (Å²) >= 11 is 6.08. The lowest BCUT2D eigenvalue weighted by atomic mass is 9.87. The minimum absolute atomic E-state index is 0.377. The molecule has 0 aliphatic carbocycles. The lowest BCUT2D eigenvalue weighted by Gasteiger charge is -2.19. The van der Waals surface area contributed by atoms with Gasteiger partial charge in [-0.15, -0.1) is 0 Å². The largest absolute Gasteiger partial charge is 0.358 e. The minimum atomic E-state index is 0.377. The smallest absolute Gasteiger partial charge is 0.0460 e. The van der Waals surface area contributed by atoms with Gasteiger partial charge in [0.25, 0.3) is 0 Å². The number of nitrogens with one attached hydrogen (secondary N) is 1. The van der Waals surface area contributed by atoms with Crippen LogP contribution in [-0.2, 0) is 0 Å². The summed E-state index contributed by atoms with van der Waals surface area (Å²) in [7, 11) is 0. The van der Waals surface area contributed by atoms with Gasteiger partial charge < -0.3 is 10.7 Å². The lowest BCUT2D eigenvalue weighted by Crippen LogP contribution is -2.18. The van der Waals surface area contributed by atoms with E-state index in [1.54, 1.807) is 0 Å². The highest BCUT2D eigenvalue weighted by atomic mass is 35.5. The summed E-state index contributed by atoms with van der Waals surface area (Å²) in [6.07, 6.45) is 0. The van der Waals surface area contributed by atoms with Crippen molar-refractivity contribution in [2.75, 3.05) is 6.54 Å². The summed E-state index contributed by atoms with van der Waals surface area (Å²) < 4.78 is 0. The first-order valence-electron chi connectivity index (χ1n) is 6.02. The van der Waals surface area contributed by atoms with E-state index in [1.807, 2.05) is 18.2 Å². The number of nitrogens with two attached hydrogens (primary N) is 1. The molecule has 2 aromatic rings. The second-order valence-corrected chi connectivity index (χ2v) is 5.38. The maximum atomic E-state index is 6.08. The van der Waals surface area contributed by atoms with Crippen molar-refractivity contribution >= 4 is 22.5 Å². The van der Waals surface area contributed by atoms with Gasteiger partial charge in [0, 0.05) is 27.5 Å². The first kappa shape index (κ1) is 12.5. The van der Waals surface area contributed by atoms with Crippen molar-refractivity contribution in [2.24, 2.45) is 11.7 Å². The van der Waals surface area contributed by atoms with Gasteiger partial charge in [-0.1, -0.05) is 25.4 Å². The van der Waals surface area contributed by atoms with Gasteiger partial charge in [-0.25, -0.2) is 0 Å². The monoisotopic (exact) mass is 250 g/mol. The summed E-state index contributed by atoms with van der Waals surface area (Å²) in [4.78, 5) is 3.41. The Morgan fingerprint density at radius 1 is 1.35 bits per heavy atom. The van der Waals surface area contributed by atoms with E-state index in [4.69, 9.17) is 17.3 Å². The van der Waals surface area contributed by atoms with Gasteiger partial charge in [-0.3, -0.25) is 0 Å². The molecular weight excluding hydrogens is 232 g/mol. The van der Waals surface area contributed by atoms with Crippen LogP contribution in [0.25, 0.3) is 10.9 Å². The van der Waals surface area contributed by atoms with E-state index in [9.17, 15) is 0 Å². The molecule has 17 heavy (non-hydrogen) atoms. The van der Waals surface area contributed by atoms with Crippen LogP contribution in [-0.4, -0.2) is 11.5 Å². The average Bonchev–Trinajstić information content (AvgIpc) is 2.56. The lowest BCUT2D eigenvalue weighted by molar-refractivity contribution is 0.507. The molecule has 0 saturated carbocycles. The Morgan fingerprint density at radius 2 is 2.06 bits per heavy atom. The second kappa shape index (κ2) is 4.71. The van der Waals surface area contributed by atoms with Crippen LogP contribution in [0.1, 0.15) is 31.0 Å². The van der Waals surface area contributed by atoms with Crippen LogP contribution in [0, 0.1) is 12.8 Å². The molecule has 0 aliphatic heterocycles. The molecule has 2 nitrogen and oxygen atoms in total. The predicted octanol–water partition coefficient (Wildman–Crippen LogP) is 3.83. The number of benzene rings is 1. The molecule has 0 aliphatic rings. The number of hydrogen-bond acceptors (Lipinski definition) is 1. The molecule has 0 fully saturated rings. The fourth-order valence-electron chi connectivity index (χ4n) is 2.52. The van der Waals surface area contributed by atoms with Gasteiger partial charge >= 0.3 is 0 Å². The van der Waals surface area contributed by atoms with E-state index < -0.39 is 0 Å². The van der Waals surface area contributed by atoms with Crippen molar-refractivity contribution in [3.05, 3.63) is 34.5 Å². The molecule has 2 rings (SSSR count). The fraction of sp³-hybridized carbons (Fsp3) is 0.429. The van der Waals surface area contributed by atoms with Crippen LogP contribution in [0.15, 0.2) is 18.2 Å². The maximum absolute atomic E-state index is 6.08. The van der Waals surface area contributed by atoms with Gasteiger partial charge in [0.05, 0.1) is 0 Å². The van der Waals surface area contributed by atoms with E-state index in [0.717, 1.165) is 10.5 Å². The third-order valence-corrected chi connectivity index (χ3v) is 3.66. The van der Waals surface area contributed by atoms with E-state index >= 15 is 0 Å². The summed E-state index contributed by atoms with van der Waals surface area (Å²) in [6.45, 7) is 7.19. The maximum Gasteiger partial charge on any atom is 0.0460 e. The number of aromatic amines is 1. The van der Waals surface area contributed by atoms with Crippen LogP contribution in [0.3, 0.4) is 0 Å².